The molecule has 0 radical (unpaired) electrons. The van der Waals surface area contributed by atoms with Crippen LogP contribution in [0.4, 0.5) is 5.69 Å². The van der Waals surface area contributed by atoms with Crippen molar-refractivity contribution in [2.24, 2.45) is 0 Å². The Morgan fingerprint density at radius 2 is 1.67 bits per heavy atom. The molecule has 4 nitrogen and oxygen atoms in total. The number of nitrogens with one attached hydrogen (secondary N) is 1. The predicted molar refractivity (Wildman–Crippen MR) is 109 cm³/mol. The molecule has 3 aromatic rings. The van der Waals surface area contributed by atoms with Crippen molar-refractivity contribution < 1.29 is 14.3 Å². The van der Waals surface area contributed by atoms with E-state index in [4.69, 9.17) is 16.3 Å². The Hall–Kier alpha value is -2.63. The number of ether oxygens (including phenoxy) is 1. The Kier molecular flexibility index (Phi) is 6.27. The van der Waals surface area contributed by atoms with Gasteiger partial charge >= 0.3 is 0 Å². The summed E-state index contributed by atoms with van der Waals surface area (Å²) in [5.74, 6) is 0.721. The third-order valence-corrected chi connectivity index (χ3v) is 5.17. The molecule has 0 saturated heterocycles. The van der Waals surface area contributed by atoms with Crippen LogP contribution >= 0.6 is 22.9 Å². The van der Waals surface area contributed by atoms with Crippen LogP contribution in [0.2, 0.25) is 5.02 Å². The van der Waals surface area contributed by atoms with E-state index >= 15 is 0 Å². The second-order valence-corrected chi connectivity index (χ2v) is 7.61. The van der Waals surface area contributed by atoms with Crippen molar-refractivity contribution in [3.8, 4) is 11.5 Å². The van der Waals surface area contributed by atoms with Gasteiger partial charge in [0.25, 0.3) is 0 Å². The summed E-state index contributed by atoms with van der Waals surface area (Å²) in [5, 5.41) is 3.29. The third-order valence-electron chi connectivity index (χ3n) is 3.81. The highest BCUT2D eigenvalue weighted by molar-refractivity contribution is 7.14. The number of para-hydroxylation sites is 3. The number of thiophene rings is 1. The molecule has 0 atom stereocenters. The summed E-state index contributed by atoms with van der Waals surface area (Å²) in [6.07, 6.45) is 0.273. The van der Waals surface area contributed by atoms with Gasteiger partial charge in [-0.2, -0.15) is 0 Å². The number of amides is 1. The first kappa shape index (κ1) is 19.1. The number of hydrogen-bond acceptors (Lipinski definition) is 4. The van der Waals surface area contributed by atoms with Crippen LogP contribution < -0.4 is 10.1 Å². The molecule has 27 heavy (non-hydrogen) atoms. The van der Waals surface area contributed by atoms with Crippen LogP contribution in [-0.4, -0.2) is 11.7 Å². The number of carbonyl (C=O) groups is 2. The van der Waals surface area contributed by atoms with Gasteiger partial charge in [-0.1, -0.05) is 35.9 Å². The zero-order chi connectivity index (χ0) is 19.2. The fourth-order valence-corrected chi connectivity index (χ4v) is 3.46. The second kappa shape index (κ2) is 8.84. The van der Waals surface area contributed by atoms with Crippen molar-refractivity contribution in [1.29, 1.82) is 0 Å². The smallest absolute Gasteiger partial charge is 0.224 e. The monoisotopic (exact) mass is 399 g/mol. The number of aryl methyl sites for hydroxylation is 1. The van der Waals surface area contributed by atoms with Gasteiger partial charge in [-0.3, -0.25) is 9.59 Å². The van der Waals surface area contributed by atoms with Gasteiger partial charge < -0.3 is 10.1 Å². The topological polar surface area (TPSA) is 55.4 Å². The molecular weight excluding hydrogens is 382 g/mol. The van der Waals surface area contributed by atoms with Gasteiger partial charge in [0.1, 0.15) is 5.75 Å². The zero-order valence-electron chi connectivity index (χ0n) is 14.7. The van der Waals surface area contributed by atoms with Gasteiger partial charge in [0.05, 0.1) is 15.6 Å². The highest BCUT2D eigenvalue weighted by atomic mass is 35.5. The van der Waals surface area contributed by atoms with E-state index in [1.54, 1.807) is 36.4 Å². The molecule has 0 aliphatic carbocycles. The van der Waals surface area contributed by atoms with Crippen molar-refractivity contribution in [3.63, 3.8) is 0 Å². The van der Waals surface area contributed by atoms with Gasteiger partial charge in [-0.15, -0.1) is 11.3 Å². The largest absolute Gasteiger partial charge is 0.454 e. The maximum Gasteiger partial charge on any atom is 0.224 e. The average molecular weight is 400 g/mol. The van der Waals surface area contributed by atoms with Crippen LogP contribution in [0, 0.1) is 6.92 Å². The first-order chi connectivity index (χ1) is 13.0. The summed E-state index contributed by atoms with van der Waals surface area (Å²) in [6, 6.07) is 17.9. The van der Waals surface area contributed by atoms with Gasteiger partial charge in [0.2, 0.25) is 5.91 Å². The molecule has 1 heterocycles. The number of Topliss-reactive ketones (excluding diaryl/α,β-unsaturated/α-hetero) is 1. The molecule has 0 aliphatic rings. The summed E-state index contributed by atoms with van der Waals surface area (Å²) in [7, 11) is 0. The van der Waals surface area contributed by atoms with Crippen molar-refractivity contribution in [2.45, 2.75) is 19.8 Å². The molecule has 0 bridgehead atoms. The van der Waals surface area contributed by atoms with E-state index in [0.29, 0.717) is 27.1 Å². The van der Waals surface area contributed by atoms with E-state index in [9.17, 15) is 9.59 Å². The highest BCUT2D eigenvalue weighted by Gasteiger charge is 2.13. The average Bonchev–Trinajstić information content (AvgIpc) is 3.10. The molecule has 138 valence electrons. The standard InChI is InChI=1S/C21H18ClNO3S/c1-14-10-12-20(27-14)17(24)11-13-21(25)23-16-7-3-5-9-19(16)26-18-8-4-2-6-15(18)22/h2-10,12H,11,13H2,1H3,(H,23,25). The van der Waals surface area contributed by atoms with Gasteiger partial charge in [0.15, 0.2) is 11.5 Å². The minimum Gasteiger partial charge on any atom is -0.454 e. The maximum absolute atomic E-state index is 12.3. The number of benzene rings is 2. The molecule has 0 fully saturated rings. The summed E-state index contributed by atoms with van der Waals surface area (Å²) in [5.41, 5.74) is 0.529. The zero-order valence-corrected chi connectivity index (χ0v) is 16.3. The van der Waals surface area contributed by atoms with Crippen LogP contribution in [-0.2, 0) is 4.79 Å². The van der Waals surface area contributed by atoms with E-state index in [1.807, 2.05) is 31.2 Å². The van der Waals surface area contributed by atoms with E-state index in [-0.39, 0.29) is 24.5 Å². The molecule has 3 rings (SSSR count). The van der Waals surface area contributed by atoms with Crippen molar-refractivity contribution >= 4 is 40.3 Å². The highest BCUT2D eigenvalue weighted by Crippen LogP contribution is 2.33. The van der Waals surface area contributed by atoms with Crippen LogP contribution in [0.25, 0.3) is 0 Å². The lowest BCUT2D eigenvalue weighted by Crippen LogP contribution is -2.13. The minimum atomic E-state index is -0.244. The quantitative estimate of drug-likeness (QED) is 0.488. The van der Waals surface area contributed by atoms with E-state index in [2.05, 4.69) is 5.32 Å². The Morgan fingerprint density at radius 1 is 0.963 bits per heavy atom. The molecule has 6 heteroatoms. The molecule has 0 aliphatic heterocycles. The number of carbonyl (C=O) groups excluding carboxylic acids is 2. The van der Waals surface area contributed by atoms with E-state index in [0.717, 1.165) is 4.88 Å². The van der Waals surface area contributed by atoms with Gasteiger partial charge in [-0.25, -0.2) is 0 Å². The second-order valence-electron chi connectivity index (χ2n) is 5.91. The summed E-state index contributed by atoms with van der Waals surface area (Å²) in [4.78, 5) is 26.2. The molecule has 1 amide bonds. The molecule has 0 saturated carbocycles. The predicted octanol–water partition coefficient (Wildman–Crippen LogP) is 6.10. The molecule has 0 spiro atoms. The number of halogens is 1. The molecule has 0 unspecified atom stereocenters. The van der Waals surface area contributed by atoms with E-state index in [1.165, 1.54) is 11.3 Å². The number of anilines is 1. The maximum atomic E-state index is 12.3. The van der Waals surface area contributed by atoms with Crippen molar-refractivity contribution in [3.05, 3.63) is 75.4 Å². The number of hydrogen-bond donors (Lipinski definition) is 1. The lowest BCUT2D eigenvalue weighted by molar-refractivity contribution is -0.116. The first-order valence-corrected chi connectivity index (χ1v) is 9.63. The molecule has 2 aromatic carbocycles. The Morgan fingerprint density at radius 3 is 2.37 bits per heavy atom. The third kappa shape index (κ3) is 5.18. The fraction of sp³-hybridized carbons (Fsp3) is 0.143. The first-order valence-electron chi connectivity index (χ1n) is 8.44. The SMILES string of the molecule is Cc1ccc(C(=O)CCC(=O)Nc2ccccc2Oc2ccccc2Cl)s1. The Balaban J connectivity index is 1.62. The van der Waals surface area contributed by atoms with E-state index < -0.39 is 0 Å². The van der Waals surface area contributed by atoms with Crippen molar-refractivity contribution in [1.82, 2.24) is 0 Å². The van der Waals surface area contributed by atoms with Gasteiger partial charge in [-0.05, 0) is 43.3 Å². The number of ketones is 1. The molecule has 1 N–H and O–H groups in total. The Labute approximate surface area is 166 Å². The van der Waals surface area contributed by atoms with Crippen LogP contribution in [0.3, 0.4) is 0 Å². The summed E-state index contributed by atoms with van der Waals surface area (Å²) >= 11 is 7.57. The van der Waals surface area contributed by atoms with Crippen LogP contribution in [0.5, 0.6) is 11.5 Å². The minimum absolute atomic E-state index is 0.0242. The Bertz CT molecular complexity index is 967. The fourth-order valence-electron chi connectivity index (χ4n) is 2.45. The van der Waals surface area contributed by atoms with Gasteiger partial charge in [0, 0.05) is 17.7 Å². The van der Waals surface area contributed by atoms with Crippen molar-refractivity contribution in [2.75, 3.05) is 5.32 Å². The molecule has 1 aromatic heterocycles. The molecular formula is C21H18ClNO3S. The summed E-state index contributed by atoms with van der Waals surface area (Å²) in [6.45, 7) is 1.95. The summed E-state index contributed by atoms with van der Waals surface area (Å²) < 4.78 is 5.83. The number of rotatable bonds is 7. The van der Waals surface area contributed by atoms with Crippen LogP contribution in [0.15, 0.2) is 60.7 Å². The lowest BCUT2D eigenvalue weighted by atomic mass is 10.2. The lowest BCUT2D eigenvalue weighted by Gasteiger charge is -2.13. The normalized spacial score (nSPS) is 10.4. The van der Waals surface area contributed by atoms with Crippen LogP contribution in [0.1, 0.15) is 27.4 Å².